The average Bonchev–Trinajstić information content (AvgIpc) is 2.08. The zero-order valence-electron chi connectivity index (χ0n) is 10.6. The SMILES string of the molecule is CCCCCCCC[CH](C)[Na].O=S(=O)(O)O. The van der Waals surface area contributed by atoms with Crippen molar-refractivity contribution in [3.05, 3.63) is 0 Å². The molecule has 0 aliphatic carbocycles. The Balaban J connectivity index is 0. The van der Waals surface area contributed by atoms with Crippen LogP contribution in [-0.4, -0.2) is 45.5 Å². The third-order valence-electron chi connectivity index (χ3n) is 2.14. The molecule has 4 nitrogen and oxygen atoms in total. The Kier molecular flexibility index (Phi) is 14.8. The molecule has 0 aromatic rings. The Morgan fingerprint density at radius 1 is 1.06 bits per heavy atom. The summed E-state index contributed by atoms with van der Waals surface area (Å²) in [6, 6.07) is 0. The van der Waals surface area contributed by atoms with E-state index in [2.05, 4.69) is 13.8 Å². The van der Waals surface area contributed by atoms with Crippen LogP contribution in [0.25, 0.3) is 0 Å². The van der Waals surface area contributed by atoms with E-state index in [4.69, 9.17) is 17.5 Å². The van der Waals surface area contributed by atoms with Crippen molar-refractivity contribution in [2.24, 2.45) is 0 Å². The smallest absolute Gasteiger partial charge is 0.264 e. The molecule has 94 valence electrons. The Morgan fingerprint density at radius 3 is 1.81 bits per heavy atom. The van der Waals surface area contributed by atoms with Crippen LogP contribution in [0.15, 0.2) is 0 Å². The molecule has 6 heteroatoms. The second-order valence-corrected chi connectivity index (χ2v) is 7.26. The first-order valence-corrected chi connectivity index (χ1v) is 8.52. The summed E-state index contributed by atoms with van der Waals surface area (Å²) < 4.78 is 32.6. The Hall–Kier alpha value is 0.870. The molecule has 0 bridgehead atoms. The first kappa shape index (κ1) is 19.2. The van der Waals surface area contributed by atoms with Gasteiger partial charge in [0.05, 0.1) is 0 Å². The molecule has 0 aliphatic heterocycles. The van der Waals surface area contributed by atoms with E-state index in [1.165, 1.54) is 72.9 Å². The van der Waals surface area contributed by atoms with Crippen molar-refractivity contribution in [1.82, 2.24) is 0 Å². The molecule has 0 spiro atoms. The average molecular weight is 262 g/mol. The summed E-state index contributed by atoms with van der Waals surface area (Å²) in [6.07, 6.45) is 10.2. The van der Waals surface area contributed by atoms with Crippen molar-refractivity contribution in [3.8, 4) is 0 Å². The molecule has 0 saturated heterocycles. The van der Waals surface area contributed by atoms with Crippen LogP contribution in [0.3, 0.4) is 0 Å². The van der Waals surface area contributed by atoms with Gasteiger partial charge in [0.15, 0.2) is 0 Å². The van der Waals surface area contributed by atoms with Crippen molar-refractivity contribution in [3.63, 3.8) is 0 Å². The summed E-state index contributed by atoms with van der Waals surface area (Å²) in [5.41, 5.74) is 0. The maximum Gasteiger partial charge on any atom is 0.394 e. The standard InChI is InChI=1S/C10H21.Na.H2O4S/c1-3-5-7-9-10-8-6-4-2;;1-5(2,3)4/h3H,4-10H2,1-2H3;;(H2,1,2,3,4). The fourth-order valence-electron chi connectivity index (χ4n) is 1.33. The van der Waals surface area contributed by atoms with E-state index < -0.39 is 10.4 Å². The summed E-state index contributed by atoms with van der Waals surface area (Å²) in [6.45, 7) is 4.65. The summed E-state index contributed by atoms with van der Waals surface area (Å²) in [7, 11) is -4.67. The Bertz CT molecular complexity index is 219. The van der Waals surface area contributed by atoms with E-state index in [-0.39, 0.29) is 0 Å². The summed E-state index contributed by atoms with van der Waals surface area (Å²) in [5.74, 6) is 0. The number of rotatable bonds is 7. The zero-order valence-corrected chi connectivity index (χ0v) is 13.5. The van der Waals surface area contributed by atoms with Gasteiger partial charge in [-0.15, -0.1) is 0 Å². The third-order valence-corrected chi connectivity index (χ3v) is 2.71. The summed E-state index contributed by atoms with van der Waals surface area (Å²) in [4.78, 5) is 0. The van der Waals surface area contributed by atoms with Gasteiger partial charge < -0.3 is 0 Å². The van der Waals surface area contributed by atoms with Gasteiger partial charge in [0, 0.05) is 0 Å². The van der Waals surface area contributed by atoms with E-state index in [1.807, 2.05) is 0 Å². The van der Waals surface area contributed by atoms with Crippen LogP contribution < -0.4 is 0 Å². The van der Waals surface area contributed by atoms with Crippen LogP contribution >= 0.6 is 0 Å². The maximum absolute atomic E-state index is 8.74. The van der Waals surface area contributed by atoms with Gasteiger partial charge >= 0.3 is 100 Å². The first-order valence-electron chi connectivity index (χ1n) is 5.97. The van der Waals surface area contributed by atoms with Crippen LogP contribution in [-0.2, 0) is 10.4 Å². The molecule has 0 amide bonds. The molecular weight excluding hydrogens is 239 g/mol. The molecule has 0 saturated carbocycles. The predicted octanol–water partition coefficient (Wildman–Crippen LogP) is 3.06. The van der Waals surface area contributed by atoms with Crippen molar-refractivity contribution in [1.29, 1.82) is 0 Å². The van der Waals surface area contributed by atoms with Gasteiger partial charge in [0.25, 0.3) is 0 Å². The van der Waals surface area contributed by atoms with Crippen molar-refractivity contribution >= 4 is 38.3 Å². The van der Waals surface area contributed by atoms with Crippen LogP contribution in [0, 0.1) is 0 Å². The first-order chi connectivity index (χ1) is 7.27. The number of hydrogen-bond acceptors (Lipinski definition) is 2. The van der Waals surface area contributed by atoms with Gasteiger partial charge in [-0.25, -0.2) is 0 Å². The molecule has 1 unspecified atom stereocenters. The molecule has 0 aromatic heterocycles. The molecule has 0 aromatic carbocycles. The van der Waals surface area contributed by atoms with Crippen LogP contribution in [0.4, 0.5) is 0 Å². The van der Waals surface area contributed by atoms with E-state index >= 15 is 0 Å². The summed E-state index contributed by atoms with van der Waals surface area (Å²) >= 11 is 1.39. The van der Waals surface area contributed by atoms with Gasteiger partial charge in [0.1, 0.15) is 0 Å². The molecular formula is C10H23NaO4S. The molecule has 0 rings (SSSR count). The number of hydrogen-bond donors (Lipinski definition) is 2. The fourth-order valence-corrected chi connectivity index (χ4v) is 1.74. The van der Waals surface area contributed by atoms with Gasteiger partial charge in [-0.3, -0.25) is 9.11 Å². The van der Waals surface area contributed by atoms with Crippen LogP contribution in [0.5, 0.6) is 0 Å². The molecule has 0 fully saturated rings. The van der Waals surface area contributed by atoms with Gasteiger partial charge in [-0.05, 0) is 0 Å². The molecule has 0 radical (unpaired) electrons. The van der Waals surface area contributed by atoms with Gasteiger partial charge in [0.2, 0.25) is 0 Å². The van der Waals surface area contributed by atoms with E-state index in [0.717, 1.165) is 3.17 Å². The van der Waals surface area contributed by atoms with Crippen LogP contribution in [0.1, 0.15) is 58.8 Å². The second kappa shape index (κ2) is 12.3. The minimum atomic E-state index is -4.67. The minimum absolute atomic E-state index is 1.04. The largest absolute Gasteiger partial charge is 0.394 e. The van der Waals surface area contributed by atoms with E-state index in [9.17, 15) is 0 Å². The second-order valence-electron chi connectivity index (χ2n) is 4.40. The predicted molar refractivity (Wildman–Crippen MR) is 67.3 cm³/mol. The van der Waals surface area contributed by atoms with Crippen molar-refractivity contribution < 1.29 is 17.5 Å². The monoisotopic (exact) mass is 262 g/mol. The van der Waals surface area contributed by atoms with Gasteiger partial charge in [-0.1, -0.05) is 0 Å². The Labute approximate surface area is 117 Å². The molecule has 2 N–H and O–H groups in total. The molecule has 0 aliphatic rings. The fraction of sp³-hybridized carbons (Fsp3) is 1.00. The zero-order chi connectivity index (χ0) is 13.0. The Morgan fingerprint density at radius 2 is 1.44 bits per heavy atom. The third kappa shape index (κ3) is 36.4. The molecule has 1 atom stereocenters. The maximum atomic E-state index is 8.74. The van der Waals surface area contributed by atoms with Crippen molar-refractivity contribution in [2.45, 2.75) is 62.0 Å². The quantitative estimate of drug-likeness (QED) is 0.420. The number of unbranched alkanes of at least 4 members (excludes halogenated alkanes) is 5. The molecule has 16 heavy (non-hydrogen) atoms. The van der Waals surface area contributed by atoms with Crippen LogP contribution in [0.2, 0.25) is 3.17 Å². The van der Waals surface area contributed by atoms with Gasteiger partial charge in [-0.2, -0.15) is 8.42 Å². The van der Waals surface area contributed by atoms with E-state index in [1.54, 1.807) is 0 Å². The molecule has 0 heterocycles. The normalized spacial score (nSPS) is 12.9. The minimum Gasteiger partial charge on any atom is -0.264 e. The van der Waals surface area contributed by atoms with Crippen molar-refractivity contribution in [2.75, 3.05) is 0 Å². The topological polar surface area (TPSA) is 74.6 Å². The van der Waals surface area contributed by atoms with E-state index in [0.29, 0.717) is 0 Å². The summed E-state index contributed by atoms with van der Waals surface area (Å²) in [5, 5.41) is 0.